The highest BCUT2D eigenvalue weighted by molar-refractivity contribution is 14.1. The number of ether oxygens (including phenoxy) is 1. The Hall–Kier alpha value is -1.65. The summed E-state index contributed by atoms with van der Waals surface area (Å²) in [5, 5.41) is 4.60. The first-order valence-corrected chi connectivity index (χ1v) is 10.8. The zero-order valence-electron chi connectivity index (χ0n) is 14.5. The lowest BCUT2D eigenvalue weighted by Gasteiger charge is -2.10. The zero-order valence-corrected chi connectivity index (χ0v) is 19.6. The summed E-state index contributed by atoms with van der Waals surface area (Å²) >= 11 is 10.5. The van der Waals surface area contributed by atoms with Crippen LogP contribution in [-0.2, 0) is 6.61 Å². The van der Waals surface area contributed by atoms with Crippen molar-refractivity contribution >= 4 is 68.9 Å². The van der Waals surface area contributed by atoms with Crippen LogP contribution < -0.4 is 10.2 Å². The maximum absolute atomic E-state index is 12.2. The maximum Gasteiger partial charge on any atom is 0.271 e. The van der Waals surface area contributed by atoms with Gasteiger partial charge in [0.25, 0.3) is 5.91 Å². The van der Waals surface area contributed by atoms with E-state index >= 15 is 0 Å². The molecule has 4 nitrogen and oxygen atoms in total. The van der Waals surface area contributed by atoms with E-state index in [2.05, 4.69) is 55.7 Å². The smallest absolute Gasteiger partial charge is 0.271 e. The molecule has 0 atom stereocenters. The Morgan fingerprint density at radius 2 is 1.64 bits per heavy atom. The molecule has 0 fully saturated rings. The van der Waals surface area contributed by atoms with Crippen molar-refractivity contribution in [3.05, 3.63) is 95.6 Å². The lowest BCUT2D eigenvalue weighted by Crippen LogP contribution is -2.17. The highest BCUT2D eigenvalue weighted by Crippen LogP contribution is 2.22. The first-order valence-electron chi connectivity index (χ1n) is 8.27. The van der Waals surface area contributed by atoms with E-state index < -0.39 is 0 Å². The van der Waals surface area contributed by atoms with Gasteiger partial charge in [0.05, 0.1) is 6.21 Å². The van der Waals surface area contributed by atoms with Crippen LogP contribution in [0.5, 0.6) is 5.75 Å². The van der Waals surface area contributed by atoms with Crippen LogP contribution in [0.1, 0.15) is 21.5 Å². The van der Waals surface area contributed by atoms with Crippen LogP contribution in [0.4, 0.5) is 0 Å². The molecule has 0 saturated carbocycles. The molecule has 3 aromatic carbocycles. The molecule has 1 amide bonds. The fourth-order valence-corrected chi connectivity index (χ4v) is 3.22. The molecule has 1 N–H and O–H groups in total. The predicted molar refractivity (Wildman–Crippen MR) is 129 cm³/mol. The van der Waals surface area contributed by atoms with Crippen LogP contribution in [0, 0.1) is 7.14 Å². The molecule has 0 heterocycles. The van der Waals surface area contributed by atoms with Gasteiger partial charge in [-0.05, 0) is 105 Å². The summed E-state index contributed by atoms with van der Waals surface area (Å²) in [7, 11) is 0. The molecule has 3 aromatic rings. The Kier molecular flexibility index (Phi) is 7.69. The number of nitrogens with one attached hydrogen (secondary N) is 1. The molecule has 0 aliphatic carbocycles. The Morgan fingerprint density at radius 3 is 2.32 bits per heavy atom. The molecule has 142 valence electrons. The summed E-state index contributed by atoms with van der Waals surface area (Å²) in [6, 6.07) is 20.6. The average molecular weight is 617 g/mol. The number of benzene rings is 3. The monoisotopic (exact) mass is 616 g/mol. The van der Waals surface area contributed by atoms with Gasteiger partial charge in [0.15, 0.2) is 0 Å². The fraction of sp³-hybridized carbons (Fsp3) is 0.0476. The first kappa shape index (κ1) is 21.1. The Labute approximate surface area is 195 Å². The molecule has 3 rings (SSSR count). The van der Waals surface area contributed by atoms with E-state index in [4.69, 9.17) is 16.3 Å². The summed E-state index contributed by atoms with van der Waals surface area (Å²) in [6.07, 6.45) is 1.53. The van der Waals surface area contributed by atoms with Gasteiger partial charge in [-0.1, -0.05) is 23.7 Å². The van der Waals surface area contributed by atoms with Crippen molar-refractivity contribution < 1.29 is 9.53 Å². The van der Waals surface area contributed by atoms with E-state index in [0.717, 1.165) is 9.13 Å². The van der Waals surface area contributed by atoms with E-state index in [1.807, 2.05) is 36.4 Å². The normalized spacial score (nSPS) is 10.8. The summed E-state index contributed by atoms with van der Waals surface area (Å²) < 4.78 is 8.14. The fourth-order valence-electron chi connectivity index (χ4n) is 2.32. The first-order chi connectivity index (χ1) is 13.5. The zero-order chi connectivity index (χ0) is 19.9. The maximum atomic E-state index is 12.2. The minimum atomic E-state index is -0.281. The molecule has 7 heteroatoms. The van der Waals surface area contributed by atoms with Gasteiger partial charge in [0.1, 0.15) is 12.4 Å². The molecule has 0 radical (unpaired) electrons. The Balaban J connectivity index is 1.67. The molecule has 0 saturated heterocycles. The number of amides is 1. The summed E-state index contributed by atoms with van der Waals surface area (Å²) in [5.41, 5.74) is 4.80. The van der Waals surface area contributed by atoms with Crippen molar-refractivity contribution in [1.82, 2.24) is 5.43 Å². The third-order valence-corrected chi connectivity index (χ3v) is 5.43. The van der Waals surface area contributed by atoms with Crippen molar-refractivity contribution in [3.8, 4) is 5.75 Å². The van der Waals surface area contributed by atoms with Gasteiger partial charge in [-0.3, -0.25) is 4.79 Å². The lowest BCUT2D eigenvalue weighted by molar-refractivity contribution is 0.0955. The second-order valence-electron chi connectivity index (χ2n) is 5.80. The number of rotatable bonds is 6. The number of hydrogen-bond acceptors (Lipinski definition) is 3. The van der Waals surface area contributed by atoms with E-state index in [9.17, 15) is 4.79 Å². The molecule has 0 aliphatic rings. The number of hydrazone groups is 1. The summed E-state index contributed by atoms with van der Waals surface area (Å²) in [5.74, 6) is 0.353. The molecular formula is C21H15ClI2N2O2. The van der Waals surface area contributed by atoms with Crippen LogP contribution in [0.2, 0.25) is 5.02 Å². The van der Waals surface area contributed by atoms with E-state index in [-0.39, 0.29) is 5.91 Å². The van der Waals surface area contributed by atoms with Gasteiger partial charge in [-0.15, -0.1) is 0 Å². The number of hydrogen-bond donors (Lipinski definition) is 1. The minimum Gasteiger partial charge on any atom is -0.488 e. The van der Waals surface area contributed by atoms with Gasteiger partial charge >= 0.3 is 0 Å². The highest BCUT2D eigenvalue weighted by Gasteiger charge is 2.06. The number of halogens is 3. The average Bonchev–Trinajstić information content (AvgIpc) is 2.69. The lowest BCUT2D eigenvalue weighted by atomic mass is 10.2. The molecule has 28 heavy (non-hydrogen) atoms. The van der Waals surface area contributed by atoms with E-state index in [0.29, 0.717) is 28.5 Å². The van der Waals surface area contributed by atoms with Crippen LogP contribution in [0.25, 0.3) is 0 Å². The number of nitrogens with zero attached hydrogens (tertiary/aromatic N) is 1. The Bertz CT molecular complexity index is 990. The van der Waals surface area contributed by atoms with Crippen LogP contribution in [-0.4, -0.2) is 12.1 Å². The third kappa shape index (κ3) is 6.18. The highest BCUT2D eigenvalue weighted by atomic mass is 127. The van der Waals surface area contributed by atoms with Crippen LogP contribution >= 0.6 is 56.8 Å². The topological polar surface area (TPSA) is 50.7 Å². The van der Waals surface area contributed by atoms with Crippen LogP contribution in [0.15, 0.2) is 71.8 Å². The van der Waals surface area contributed by atoms with Gasteiger partial charge in [0, 0.05) is 23.3 Å². The second kappa shape index (κ2) is 10.2. The number of carbonyl (C=O) groups excluding carboxylic acids is 1. The van der Waals surface area contributed by atoms with E-state index in [1.165, 1.54) is 9.78 Å². The van der Waals surface area contributed by atoms with Crippen LogP contribution in [0.3, 0.4) is 0 Å². The minimum absolute atomic E-state index is 0.281. The molecule has 0 bridgehead atoms. The summed E-state index contributed by atoms with van der Waals surface area (Å²) in [6.45, 7) is 0.425. The molecular weight excluding hydrogens is 602 g/mol. The SMILES string of the molecule is O=C(N/N=C\c1cc(Cl)ccc1OCc1ccc(I)cc1)c1ccc(I)cc1. The van der Waals surface area contributed by atoms with Gasteiger partial charge in [0.2, 0.25) is 0 Å². The van der Waals surface area contributed by atoms with Crippen molar-refractivity contribution in [2.45, 2.75) is 6.61 Å². The standard InChI is InChI=1S/C21H15ClI2N2O2/c22-17-5-10-20(28-13-14-1-6-18(23)7-2-14)16(11-17)12-25-26-21(27)15-3-8-19(24)9-4-15/h1-12H,13H2,(H,26,27)/b25-12-. The van der Waals surface area contributed by atoms with Crippen molar-refractivity contribution in [1.29, 1.82) is 0 Å². The van der Waals surface area contributed by atoms with E-state index in [1.54, 1.807) is 30.3 Å². The van der Waals surface area contributed by atoms with Gasteiger partial charge in [-0.2, -0.15) is 5.10 Å². The Morgan fingerprint density at radius 1 is 1.00 bits per heavy atom. The molecule has 0 spiro atoms. The van der Waals surface area contributed by atoms with Gasteiger partial charge in [-0.25, -0.2) is 5.43 Å². The second-order valence-corrected chi connectivity index (χ2v) is 8.73. The van der Waals surface area contributed by atoms with Crippen molar-refractivity contribution in [2.24, 2.45) is 5.10 Å². The number of carbonyl (C=O) groups is 1. The molecule has 0 aromatic heterocycles. The third-order valence-electron chi connectivity index (χ3n) is 3.76. The van der Waals surface area contributed by atoms with Gasteiger partial charge < -0.3 is 4.74 Å². The molecule has 0 aliphatic heterocycles. The predicted octanol–water partition coefficient (Wildman–Crippen LogP) is 5.89. The van der Waals surface area contributed by atoms with Crippen molar-refractivity contribution in [3.63, 3.8) is 0 Å². The van der Waals surface area contributed by atoms with Crippen molar-refractivity contribution in [2.75, 3.05) is 0 Å². The summed E-state index contributed by atoms with van der Waals surface area (Å²) in [4.78, 5) is 12.2. The molecule has 0 unspecified atom stereocenters. The quantitative estimate of drug-likeness (QED) is 0.213. The largest absolute Gasteiger partial charge is 0.488 e.